The van der Waals surface area contributed by atoms with Crippen molar-refractivity contribution in [3.8, 4) is 0 Å². The van der Waals surface area contributed by atoms with Crippen molar-refractivity contribution >= 4 is 15.2 Å². The van der Waals surface area contributed by atoms with E-state index in [0.717, 1.165) is 9.56 Å². The molecule has 0 aliphatic heterocycles. The van der Waals surface area contributed by atoms with Gasteiger partial charge in [-0.05, 0) is 0 Å². The fraction of sp³-hybridized carbons (Fsp3) is 1.00. The molecule has 0 heterocycles. The predicted octanol–water partition coefficient (Wildman–Crippen LogP) is 2.86. The van der Waals surface area contributed by atoms with Crippen molar-refractivity contribution in [2.45, 2.75) is 50.1 Å². The Morgan fingerprint density at radius 1 is 1.00 bits per heavy atom. The lowest BCUT2D eigenvalue weighted by Crippen LogP contribution is -2.03. The lowest BCUT2D eigenvalue weighted by molar-refractivity contribution is 0.803. The highest BCUT2D eigenvalue weighted by molar-refractivity contribution is 6.39. The zero-order chi connectivity index (χ0) is 7.28. The lowest BCUT2D eigenvalue weighted by Gasteiger charge is -2.09. The molecule has 0 nitrogen and oxygen atoms in total. The molecule has 0 amide bonds. The summed E-state index contributed by atoms with van der Waals surface area (Å²) in [7, 11) is 0. The molecule has 0 N–H and O–H groups in total. The van der Waals surface area contributed by atoms with Crippen molar-refractivity contribution in [2.24, 2.45) is 0 Å². The van der Waals surface area contributed by atoms with Gasteiger partial charge in [-0.1, -0.05) is 50.1 Å². The Morgan fingerprint density at radius 2 is 1.33 bits per heavy atom. The van der Waals surface area contributed by atoms with Gasteiger partial charge in [0.25, 0.3) is 0 Å². The summed E-state index contributed by atoms with van der Waals surface area (Å²) in [5.74, 6) is 0. The van der Waals surface area contributed by atoms with Crippen molar-refractivity contribution in [1.29, 1.82) is 0 Å². The van der Waals surface area contributed by atoms with E-state index < -0.39 is 0 Å². The van der Waals surface area contributed by atoms with Crippen LogP contribution in [0.15, 0.2) is 0 Å². The van der Waals surface area contributed by atoms with E-state index in [1.165, 1.54) is 12.8 Å². The predicted molar refractivity (Wildman–Crippen MR) is 46.6 cm³/mol. The van der Waals surface area contributed by atoms with E-state index in [0.29, 0.717) is 0 Å². The first-order valence-electron chi connectivity index (χ1n) is 4.20. The highest BCUT2D eigenvalue weighted by atomic mass is 27.1. The van der Waals surface area contributed by atoms with E-state index in [1.807, 2.05) is 0 Å². The fourth-order valence-electron chi connectivity index (χ4n) is 1.02. The molecule has 0 rings (SSSR count). The molecule has 1 heteroatoms. The Balaban J connectivity index is 3.22. The van der Waals surface area contributed by atoms with Gasteiger partial charge >= 0.3 is 0 Å². The molecule has 0 aromatic heterocycles. The maximum Gasteiger partial charge on any atom is 0.244 e. The van der Waals surface area contributed by atoms with Gasteiger partial charge in [0.1, 0.15) is 0 Å². The van der Waals surface area contributed by atoms with Gasteiger partial charge in [0, 0.05) is 0 Å². The molecule has 0 saturated heterocycles. The lowest BCUT2D eigenvalue weighted by atomic mass is 10.3. The first-order valence-corrected chi connectivity index (χ1v) is 5.83. The molecule has 0 aromatic carbocycles. The van der Waals surface area contributed by atoms with Gasteiger partial charge < -0.3 is 0 Å². The quantitative estimate of drug-likeness (QED) is 0.529. The second-order valence-electron chi connectivity index (χ2n) is 3.26. The van der Waals surface area contributed by atoms with Crippen LogP contribution in [0.1, 0.15) is 40.5 Å². The van der Waals surface area contributed by atoms with Crippen LogP contribution in [-0.2, 0) is 0 Å². The van der Waals surface area contributed by atoms with E-state index in [9.17, 15) is 0 Å². The third-order valence-corrected chi connectivity index (χ3v) is 4.96. The Morgan fingerprint density at radius 3 is 1.56 bits per heavy atom. The van der Waals surface area contributed by atoms with Crippen LogP contribution in [0.25, 0.3) is 0 Å². The maximum atomic E-state index is 2.40. The van der Waals surface area contributed by atoms with Crippen molar-refractivity contribution in [1.82, 2.24) is 0 Å². The SMILES string of the molecule is CC[CH](C)[AlH][CH](C)CC. The molecule has 0 aromatic rings. The first-order chi connectivity index (χ1) is 4.20. The second kappa shape index (κ2) is 5.33. The van der Waals surface area contributed by atoms with Crippen LogP contribution in [0, 0.1) is 0 Å². The molecule has 0 aliphatic carbocycles. The van der Waals surface area contributed by atoms with Crippen LogP contribution in [0.2, 0.25) is 9.56 Å². The van der Waals surface area contributed by atoms with E-state index in [-0.39, 0.29) is 15.2 Å². The molecule has 0 radical (unpaired) electrons. The average Bonchev–Trinajstić information content (AvgIpc) is 1.87. The normalized spacial score (nSPS) is 16.9. The molecule has 0 bridgehead atoms. The van der Waals surface area contributed by atoms with Gasteiger partial charge in [0.15, 0.2) is 0 Å². The van der Waals surface area contributed by atoms with Gasteiger partial charge in [0.05, 0.1) is 0 Å². The van der Waals surface area contributed by atoms with Crippen LogP contribution < -0.4 is 0 Å². The number of hydrogen-bond donors (Lipinski definition) is 0. The number of hydrogen-bond acceptors (Lipinski definition) is 0. The standard InChI is InChI=1S/2C4H9.Al.H/c2*1-3-4-2;;/h2*3H,4H2,1-2H3;;. The van der Waals surface area contributed by atoms with E-state index in [4.69, 9.17) is 0 Å². The molecule has 2 unspecified atom stereocenters. The molecular weight excluding hydrogens is 123 g/mol. The zero-order valence-corrected chi connectivity index (χ0v) is 8.69. The third kappa shape index (κ3) is 5.00. The van der Waals surface area contributed by atoms with Gasteiger partial charge in [-0.2, -0.15) is 0 Å². The van der Waals surface area contributed by atoms with Gasteiger partial charge in [-0.25, -0.2) is 0 Å². The molecule has 0 aliphatic rings. The van der Waals surface area contributed by atoms with Gasteiger partial charge in [0.2, 0.25) is 15.2 Å². The highest BCUT2D eigenvalue weighted by Crippen LogP contribution is 2.16. The summed E-state index contributed by atoms with van der Waals surface area (Å²) >= 11 is 0.260. The van der Waals surface area contributed by atoms with Crippen LogP contribution in [0.5, 0.6) is 0 Å². The van der Waals surface area contributed by atoms with Crippen LogP contribution in [0.4, 0.5) is 0 Å². The van der Waals surface area contributed by atoms with Crippen molar-refractivity contribution in [3.63, 3.8) is 0 Å². The number of rotatable bonds is 4. The molecule has 0 fully saturated rings. The first kappa shape index (κ1) is 9.53. The van der Waals surface area contributed by atoms with Crippen LogP contribution in [0.3, 0.4) is 0 Å². The summed E-state index contributed by atoms with van der Waals surface area (Å²) in [5, 5.41) is 0. The minimum Gasteiger partial charge on any atom is -0.0887 e. The average molecular weight is 142 g/mol. The zero-order valence-electron chi connectivity index (χ0n) is 7.28. The van der Waals surface area contributed by atoms with Gasteiger partial charge in [-0.3, -0.25) is 0 Å². The summed E-state index contributed by atoms with van der Waals surface area (Å²) in [6, 6.07) is 0. The Kier molecular flexibility index (Phi) is 5.64. The van der Waals surface area contributed by atoms with Crippen molar-refractivity contribution in [2.75, 3.05) is 0 Å². The summed E-state index contributed by atoms with van der Waals surface area (Å²) in [4.78, 5) is 0. The van der Waals surface area contributed by atoms with E-state index in [2.05, 4.69) is 27.7 Å². The van der Waals surface area contributed by atoms with Crippen LogP contribution >= 0.6 is 0 Å². The summed E-state index contributed by atoms with van der Waals surface area (Å²) in [5.41, 5.74) is 0. The monoisotopic (exact) mass is 142 g/mol. The largest absolute Gasteiger partial charge is 0.244 e. The molecule has 54 valence electrons. The molecule has 2 atom stereocenters. The Labute approximate surface area is 65.7 Å². The Bertz CT molecular complexity index is 53.6. The third-order valence-electron chi connectivity index (χ3n) is 2.20. The van der Waals surface area contributed by atoms with Crippen molar-refractivity contribution in [3.05, 3.63) is 0 Å². The molecule has 0 spiro atoms. The minimum atomic E-state index is 0.260. The summed E-state index contributed by atoms with van der Waals surface area (Å²) in [6.07, 6.45) is 2.80. The topological polar surface area (TPSA) is 0 Å². The fourth-order valence-corrected chi connectivity index (χ4v) is 3.06. The maximum absolute atomic E-state index is 2.40. The van der Waals surface area contributed by atoms with E-state index >= 15 is 0 Å². The van der Waals surface area contributed by atoms with E-state index in [1.54, 1.807) is 0 Å². The Hall–Kier alpha value is 0.532. The second-order valence-corrected chi connectivity index (χ2v) is 6.52. The molecule has 9 heavy (non-hydrogen) atoms. The molecule has 0 saturated carbocycles. The minimum absolute atomic E-state index is 0.260. The smallest absolute Gasteiger partial charge is 0.0887 e. The van der Waals surface area contributed by atoms with Crippen LogP contribution in [-0.4, -0.2) is 15.2 Å². The highest BCUT2D eigenvalue weighted by Gasteiger charge is 2.08. The van der Waals surface area contributed by atoms with Gasteiger partial charge in [-0.15, -0.1) is 0 Å². The summed E-state index contributed by atoms with van der Waals surface area (Å²) in [6.45, 7) is 9.41. The summed E-state index contributed by atoms with van der Waals surface area (Å²) < 4.78 is 2.14. The molecular formula is C8H19Al. The van der Waals surface area contributed by atoms with Crippen molar-refractivity contribution < 1.29 is 0 Å².